The lowest BCUT2D eigenvalue weighted by molar-refractivity contribution is -0.145. The van der Waals surface area contributed by atoms with E-state index in [0.717, 1.165) is 31.6 Å². The van der Waals surface area contributed by atoms with Crippen molar-refractivity contribution in [3.63, 3.8) is 0 Å². The van der Waals surface area contributed by atoms with Gasteiger partial charge in [-0.25, -0.2) is 0 Å². The Labute approximate surface area is 258 Å². The predicted octanol–water partition coefficient (Wildman–Crippen LogP) is 2.17. The molecule has 0 saturated carbocycles. The maximum atomic E-state index is 14.5. The molecule has 43 heavy (non-hydrogen) atoms. The molecule has 5 aliphatic rings. The first-order chi connectivity index (χ1) is 20.9. The Kier molecular flexibility index (Phi) is 9.01. The second-order valence-corrected chi connectivity index (χ2v) is 14.4. The van der Waals surface area contributed by atoms with Gasteiger partial charge in [-0.1, -0.05) is 54.6 Å². The Hall–Kier alpha value is -2.66. The second-order valence-electron chi connectivity index (χ2n) is 12.6. The van der Waals surface area contributed by atoms with Crippen molar-refractivity contribution in [2.24, 2.45) is 11.8 Å². The highest BCUT2D eigenvalue weighted by Gasteiger charge is 2.73. The summed E-state index contributed by atoms with van der Waals surface area (Å²) < 4.78 is 4.06. The summed E-state index contributed by atoms with van der Waals surface area (Å²) in [6.07, 6.45) is 10.5. The number of aliphatic hydroxyl groups is 1. The van der Waals surface area contributed by atoms with Crippen LogP contribution < -0.4 is 0 Å². The van der Waals surface area contributed by atoms with Crippen LogP contribution in [0.5, 0.6) is 0 Å². The fourth-order valence-corrected chi connectivity index (χ4v) is 9.82. The van der Waals surface area contributed by atoms with E-state index in [1.54, 1.807) is 16.7 Å². The summed E-state index contributed by atoms with van der Waals surface area (Å²) >= 11 is 1.64. The Morgan fingerprint density at radius 2 is 1.60 bits per heavy atom. The molecule has 1 aromatic carbocycles. The minimum absolute atomic E-state index is 0.0192. The van der Waals surface area contributed by atoms with Crippen LogP contribution in [-0.2, 0) is 25.7 Å². The van der Waals surface area contributed by atoms with E-state index in [1.165, 1.54) is 0 Å². The molecule has 3 fully saturated rings. The molecule has 3 amide bonds. The van der Waals surface area contributed by atoms with Crippen molar-refractivity contribution in [1.29, 1.82) is 0 Å². The van der Waals surface area contributed by atoms with Crippen LogP contribution in [0.3, 0.4) is 0 Å². The first-order valence-electron chi connectivity index (χ1n) is 15.8. The zero-order valence-corrected chi connectivity index (χ0v) is 25.9. The Bertz CT molecular complexity index is 1250. The third-order valence-corrected chi connectivity index (χ3v) is 11.6. The molecule has 5 heterocycles. The minimum atomic E-state index is -0.825. The van der Waals surface area contributed by atoms with E-state index in [-0.39, 0.29) is 24.3 Å². The van der Waals surface area contributed by atoms with E-state index < -0.39 is 27.4 Å². The first-order valence-corrected chi connectivity index (χ1v) is 16.6. The molecule has 1 unspecified atom stereocenters. The molecule has 3 saturated heterocycles. The van der Waals surface area contributed by atoms with Crippen LogP contribution >= 0.6 is 11.8 Å². The first kappa shape index (κ1) is 30.4. The lowest BCUT2D eigenvalue weighted by Crippen LogP contribution is -2.54. The molecule has 0 aromatic heterocycles. The number of nitrogens with zero attached hydrogens (tertiary/aromatic N) is 4. The van der Waals surface area contributed by atoms with Crippen LogP contribution in [0.1, 0.15) is 31.7 Å². The van der Waals surface area contributed by atoms with Crippen LogP contribution in [0.25, 0.3) is 0 Å². The molecule has 10 heteroatoms. The SMILES string of the molecule is C[C@]12C=CCN(Cc3ccccc3)C(=O)[C@H]1[C@H]1C(=O)N(CCCCCO)C3C(=O)N(CCN4CCOCC4)CC=C[C@@]31S2. The van der Waals surface area contributed by atoms with E-state index in [0.29, 0.717) is 58.8 Å². The maximum absolute atomic E-state index is 14.5. The monoisotopic (exact) mass is 608 g/mol. The molecule has 1 N–H and O–H groups in total. The molecule has 5 atom stereocenters. The highest BCUT2D eigenvalue weighted by molar-refractivity contribution is 8.02. The zero-order valence-electron chi connectivity index (χ0n) is 25.1. The fraction of sp³-hybridized carbons (Fsp3) is 0.606. The topological polar surface area (TPSA) is 93.6 Å². The van der Waals surface area contributed by atoms with Crippen molar-refractivity contribution in [3.8, 4) is 0 Å². The number of ether oxygens (including phenoxy) is 1. The molecular formula is C33H44N4O5S. The standard InChI is InChI=1S/C33H44N4O5S/c1-32-12-8-15-36(24-25-10-4-2-5-11-25)29(39)26(32)27-30(40)37(16-6-3-7-21-38)28-31(41)35(14-9-13-33(27,28)43-32)18-17-34-19-22-42-23-20-34/h2,4-5,8-13,26-28,38H,3,6-7,14-24H2,1H3/t26-,27+,28?,32+,33+/m1/s1. The van der Waals surface area contributed by atoms with E-state index >= 15 is 0 Å². The van der Waals surface area contributed by atoms with Gasteiger partial charge in [0.2, 0.25) is 17.7 Å². The van der Waals surface area contributed by atoms with E-state index in [1.807, 2.05) is 40.1 Å². The van der Waals surface area contributed by atoms with Crippen molar-refractivity contribution >= 4 is 29.5 Å². The summed E-state index contributed by atoms with van der Waals surface area (Å²) in [6, 6.07) is 9.30. The Balaban J connectivity index is 1.32. The van der Waals surface area contributed by atoms with E-state index in [4.69, 9.17) is 4.74 Å². The van der Waals surface area contributed by atoms with Crippen molar-refractivity contribution in [3.05, 3.63) is 60.2 Å². The van der Waals surface area contributed by atoms with Gasteiger partial charge in [0.25, 0.3) is 0 Å². The number of rotatable bonds is 10. The second kappa shape index (κ2) is 12.8. The number of hydrogen-bond acceptors (Lipinski definition) is 7. The van der Waals surface area contributed by atoms with Crippen LogP contribution in [0, 0.1) is 11.8 Å². The number of thioether (sulfide) groups is 1. The van der Waals surface area contributed by atoms with E-state index in [2.05, 4.69) is 36.1 Å². The van der Waals surface area contributed by atoms with Crippen LogP contribution in [0.15, 0.2) is 54.6 Å². The van der Waals surface area contributed by atoms with E-state index in [9.17, 15) is 19.5 Å². The summed E-state index contributed by atoms with van der Waals surface area (Å²) in [6.45, 7) is 8.56. The van der Waals surface area contributed by atoms with Gasteiger partial charge in [-0.15, -0.1) is 11.8 Å². The molecule has 1 spiro atoms. The van der Waals surface area contributed by atoms with Gasteiger partial charge in [0.1, 0.15) is 6.04 Å². The number of aliphatic hydroxyl groups excluding tert-OH is 1. The largest absolute Gasteiger partial charge is 0.396 e. The molecule has 6 rings (SSSR count). The minimum Gasteiger partial charge on any atom is -0.396 e. The van der Waals surface area contributed by atoms with Gasteiger partial charge in [0, 0.05) is 63.7 Å². The quantitative estimate of drug-likeness (QED) is 0.322. The number of carbonyl (C=O) groups is 3. The highest BCUT2D eigenvalue weighted by Crippen LogP contribution is 2.65. The number of fused-ring (bicyclic) bond motifs is 2. The molecule has 5 aliphatic heterocycles. The van der Waals surface area contributed by atoms with Gasteiger partial charge < -0.3 is 24.5 Å². The average molecular weight is 609 g/mol. The van der Waals surface area contributed by atoms with Gasteiger partial charge in [-0.3, -0.25) is 19.3 Å². The maximum Gasteiger partial charge on any atom is 0.247 e. The molecule has 232 valence electrons. The molecule has 9 nitrogen and oxygen atoms in total. The number of carbonyl (C=O) groups excluding carboxylic acids is 3. The van der Waals surface area contributed by atoms with Gasteiger partial charge in [0.15, 0.2) is 0 Å². The Morgan fingerprint density at radius 1 is 0.860 bits per heavy atom. The van der Waals surface area contributed by atoms with Gasteiger partial charge in [0.05, 0.1) is 29.8 Å². The van der Waals surface area contributed by atoms with Crippen molar-refractivity contribution in [1.82, 2.24) is 19.6 Å². The number of likely N-dealkylation sites (tertiary alicyclic amines) is 1. The summed E-state index contributed by atoms with van der Waals surface area (Å²) in [5.74, 6) is -1.34. The normalized spacial score (nSPS) is 32.6. The molecule has 0 bridgehead atoms. The van der Waals surface area contributed by atoms with Crippen molar-refractivity contribution < 1.29 is 24.2 Å². The summed E-state index contributed by atoms with van der Waals surface area (Å²) in [7, 11) is 0. The van der Waals surface area contributed by atoms with Crippen LogP contribution in [0.2, 0.25) is 0 Å². The van der Waals surface area contributed by atoms with Gasteiger partial charge >= 0.3 is 0 Å². The molecule has 1 aromatic rings. The average Bonchev–Trinajstić information content (AvgIpc) is 3.28. The molecule has 0 aliphatic carbocycles. The number of hydrogen-bond donors (Lipinski definition) is 1. The zero-order chi connectivity index (χ0) is 30.0. The lowest BCUT2D eigenvalue weighted by Gasteiger charge is -2.37. The van der Waals surface area contributed by atoms with Gasteiger partial charge in [-0.05, 0) is 31.7 Å². The molecular weight excluding hydrogens is 564 g/mol. The number of morpholine rings is 1. The summed E-state index contributed by atoms with van der Waals surface area (Å²) in [4.78, 5) is 51.4. The fourth-order valence-electron chi connectivity index (χ4n) is 7.66. The predicted molar refractivity (Wildman–Crippen MR) is 166 cm³/mol. The summed E-state index contributed by atoms with van der Waals surface area (Å²) in [5, 5.41) is 9.34. The smallest absolute Gasteiger partial charge is 0.247 e. The number of benzene rings is 1. The van der Waals surface area contributed by atoms with Gasteiger partial charge in [-0.2, -0.15) is 0 Å². The lowest BCUT2D eigenvalue weighted by atomic mass is 9.74. The van der Waals surface area contributed by atoms with Crippen LogP contribution in [-0.4, -0.2) is 124 Å². The summed E-state index contributed by atoms with van der Waals surface area (Å²) in [5.41, 5.74) is 1.05. The van der Waals surface area contributed by atoms with Crippen molar-refractivity contribution in [2.45, 2.75) is 48.3 Å². The molecule has 0 radical (unpaired) electrons. The van der Waals surface area contributed by atoms with Crippen LogP contribution in [0.4, 0.5) is 0 Å². The van der Waals surface area contributed by atoms with Crippen molar-refractivity contribution in [2.75, 3.05) is 65.6 Å². The highest BCUT2D eigenvalue weighted by atomic mass is 32.2. The Morgan fingerprint density at radius 3 is 2.37 bits per heavy atom. The number of amides is 3. The third kappa shape index (κ3) is 5.67. The third-order valence-electron chi connectivity index (χ3n) is 9.79. The number of unbranched alkanes of at least 4 members (excludes halogenated alkanes) is 2.